The Balaban J connectivity index is 1.73. The van der Waals surface area contributed by atoms with Crippen molar-refractivity contribution in [1.82, 2.24) is 14.4 Å². The summed E-state index contributed by atoms with van der Waals surface area (Å²) in [6.45, 7) is 1.63. The molecule has 1 saturated heterocycles. The molecule has 0 radical (unpaired) electrons. The van der Waals surface area contributed by atoms with Crippen LogP contribution in [0, 0.1) is 0 Å². The minimum absolute atomic E-state index is 0.0440. The van der Waals surface area contributed by atoms with Crippen molar-refractivity contribution in [3.8, 4) is 11.3 Å². The number of imidazole rings is 1. The van der Waals surface area contributed by atoms with Crippen LogP contribution >= 0.6 is 0 Å². The number of piperidine rings is 1. The van der Waals surface area contributed by atoms with E-state index in [1.165, 1.54) is 0 Å². The molecule has 1 fully saturated rings. The Bertz CT molecular complexity index is 836. The van der Waals surface area contributed by atoms with Gasteiger partial charge in [0.25, 0.3) is 0 Å². The number of aliphatic hydroxyl groups is 2. The SMILES string of the molecule is OCc1ccc(-c2cnc3c(N4CCC(O)CC4)nccn23)cc1. The summed E-state index contributed by atoms with van der Waals surface area (Å²) in [6, 6.07) is 7.82. The molecule has 3 aromatic rings. The van der Waals surface area contributed by atoms with Gasteiger partial charge in [0, 0.05) is 31.0 Å². The van der Waals surface area contributed by atoms with Crippen LogP contribution in [-0.2, 0) is 6.61 Å². The molecule has 2 aromatic heterocycles. The zero-order valence-corrected chi connectivity index (χ0v) is 13.3. The van der Waals surface area contributed by atoms with E-state index in [2.05, 4.69) is 14.9 Å². The maximum Gasteiger partial charge on any atom is 0.180 e. The average molecular weight is 324 g/mol. The molecule has 0 bridgehead atoms. The number of benzene rings is 1. The van der Waals surface area contributed by atoms with Gasteiger partial charge >= 0.3 is 0 Å². The third-order valence-electron chi connectivity index (χ3n) is 4.61. The van der Waals surface area contributed by atoms with Gasteiger partial charge in [0.05, 0.1) is 24.6 Å². The van der Waals surface area contributed by atoms with E-state index in [0.29, 0.717) is 0 Å². The van der Waals surface area contributed by atoms with Crippen LogP contribution in [0.2, 0.25) is 0 Å². The fraction of sp³-hybridized carbons (Fsp3) is 0.333. The lowest BCUT2D eigenvalue weighted by Gasteiger charge is -2.30. The van der Waals surface area contributed by atoms with Crippen LogP contribution in [-0.4, -0.2) is 43.8 Å². The standard InChI is InChI=1S/C18H20N4O2/c23-12-13-1-3-14(4-2-13)16-11-20-18-17(19-7-10-22(16)18)21-8-5-15(24)6-9-21/h1-4,7,10-11,15,23-24H,5-6,8-9,12H2. The summed E-state index contributed by atoms with van der Waals surface area (Å²) in [4.78, 5) is 11.3. The highest BCUT2D eigenvalue weighted by molar-refractivity contribution is 5.71. The first kappa shape index (κ1) is 15.1. The molecular formula is C18H20N4O2. The first-order valence-corrected chi connectivity index (χ1v) is 8.21. The van der Waals surface area contributed by atoms with E-state index in [0.717, 1.165) is 54.2 Å². The van der Waals surface area contributed by atoms with Gasteiger partial charge in [0.15, 0.2) is 11.5 Å². The lowest BCUT2D eigenvalue weighted by Crippen LogP contribution is -2.36. The molecule has 1 aromatic carbocycles. The largest absolute Gasteiger partial charge is 0.393 e. The molecule has 0 unspecified atom stereocenters. The smallest absolute Gasteiger partial charge is 0.180 e. The second-order valence-electron chi connectivity index (χ2n) is 6.16. The van der Waals surface area contributed by atoms with Crippen molar-refractivity contribution in [3.63, 3.8) is 0 Å². The van der Waals surface area contributed by atoms with Crippen molar-refractivity contribution in [2.24, 2.45) is 0 Å². The minimum Gasteiger partial charge on any atom is -0.393 e. The van der Waals surface area contributed by atoms with Gasteiger partial charge in [0.1, 0.15) is 0 Å². The van der Waals surface area contributed by atoms with E-state index < -0.39 is 0 Å². The van der Waals surface area contributed by atoms with Crippen molar-refractivity contribution in [1.29, 1.82) is 0 Å². The second-order valence-corrected chi connectivity index (χ2v) is 6.16. The van der Waals surface area contributed by atoms with Gasteiger partial charge in [-0.05, 0) is 18.4 Å². The van der Waals surface area contributed by atoms with Crippen LogP contribution in [0.5, 0.6) is 0 Å². The number of aromatic nitrogens is 3. The van der Waals surface area contributed by atoms with Gasteiger partial charge in [-0.3, -0.25) is 4.40 Å². The van der Waals surface area contributed by atoms with Gasteiger partial charge in [-0.15, -0.1) is 0 Å². The number of rotatable bonds is 3. The Morgan fingerprint density at radius 1 is 1.08 bits per heavy atom. The van der Waals surface area contributed by atoms with E-state index >= 15 is 0 Å². The van der Waals surface area contributed by atoms with E-state index in [-0.39, 0.29) is 12.7 Å². The van der Waals surface area contributed by atoms with Crippen LogP contribution in [0.1, 0.15) is 18.4 Å². The van der Waals surface area contributed by atoms with E-state index in [1.54, 1.807) is 6.20 Å². The number of aliphatic hydroxyl groups excluding tert-OH is 2. The molecule has 124 valence electrons. The Kier molecular flexibility index (Phi) is 3.92. The average Bonchev–Trinajstić information content (AvgIpc) is 3.07. The van der Waals surface area contributed by atoms with Gasteiger partial charge in [-0.25, -0.2) is 9.97 Å². The fourth-order valence-corrected chi connectivity index (χ4v) is 3.20. The summed E-state index contributed by atoms with van der Waals surface area (Å²) in [6.07, 6.45) is 6.88. The predicted molar refractivity (Wildman–Crippen MR) is 91.8 cm³/mol. The molecule has 2 N–H and O–H groups in total. The molecule has 24 heavy (non-hydrogen) atoms. The molecular weight excluding hydrogens is 304 g/mol. The summed E-state index contributed by atoms with van der Waals surface area (Å²) in [5.41, 5.74) is 3.76. The summed E-state index contributed by atoms with van der Waals surface area (Å²) in [5, 5.41) is 18.9. The van der Waals surface area contributed by atoms with Gasteiger partial charge in [-0.2, -0.15) is 0 Å². The molecule has 1 aliphatic rings. The summed E-state index contributed by atoms with van der Waals surface area (Å²) < 4.78 is 2.04. The monoisotopic (exact) mass is 324 g/mol. The number of hydrogen-bond donors (Lipinski definition) is 2. The number of anilines is 1. The molecule has 6 heteroatoms. The Labute approximate surface area is 140 Å². The predicted octanol–water partition coefficient (Wildman–Crippen LogP) is 1.85. The van der Waals surface area contributed by atoms with Gasteiger partial charge in [-0.1, -0.05) is 24.3 Å². The molecule has 1 aliphatic heterocycles. The lowest BCUT2D eigenvalue weighted by atomic mass is 10.1. The third-order valence-corrected chi connectivity index (χ3v) is 4.61. The summed E-state index contributed by atoms with van der Waals surface area (Å²) >= 11 is 0. The van der Waals surface area contributed by atoms with Crippen LogP contribution in [0.15, 0.2) is 42.9 Å². The lowest BCUT2D eigenvalue weighted by molar-refractivity contribution is 0.145. The summed E-state index contributed by atoms with van der Waals surface area (Å²) in [5.74, 6) is 0.864. The topological polar surface area (TPSA) is 73.9 Å². The zero-order chi connectivity index (χ0) is 16.5. The quantitative estimate of drug-likeness (QED) is 0.769. The van der Waals surface area contributed by atoms with Crippen LogP contribution in [0.3, 0.4) is 0 Å². The normalized spacial score (nSPS) is 16.0. The first-order valence-electron chi connectivity index (χ1n) is 8.21. The fourth-order valence-electron chi connectivity index (χ4n) is 3.20. The van der Waals surface area contributed by atoms with Crippen LogP contribution in [0.25, 0.3) is 16.9 Å². The molecule has 0 spiro atoms. The second kappa shape index (κ2) is 6.22. The highest BCUT2D eigenvalue weighted by Gasteiger charge is 2.21. The van der Waals surface area contributed by atoms with Gasteiger partial charge < -0.3 is 15.1 Å². The Morgan fingerprint density at radius 2 is 1.83 bits per heavy atom. The van der Waals surface area contributed by atoms with Crippen LogP contribution in [0.4, 0.5) is 5.82 Å². The molecule has 0 amide bonds. The zero-order valence-electron chi connectivity index (χ0n) is 13.3. The number of hydrogen-bond acceptors (Lipinski definition) is 5. The van der Waals surface area contributed by atoms with Crippen molar-refractivity contribution in [3.05, 3.63) is 48.4 Å². The van der Waals surface area contributed by atoms with E-state index in [1.807, 2.05) is 41.1 Å². The maximum absolute atomic E-state index is 9.70. The Morgan fingerprint density at radius 3 is 2.54 bits per heavy atom. The Hall–Kier alpha value is -2.44. The third kappa shape index (κ3) is 2.64. The van der Waals surface area contributed by atoms with Crippen molar-refractivity contribution >= 4 is 11.5 Å². The number of nitrogens with zero attached hydrogens (tertiary/aromatic N) is 4. The molecule has 6 nitrogen and oxygen atoms in total. The van der Waals surface area contributed by atoms with Crippen molar-refractivity contribution in [2.75, 3.05) is 18.0 Å². The number of fused-ring (bicyclic) bond motifs is 1. The molecule has 4 rings (SSSR count). The first-order chi connectivity index (χ1) is 11.8. The molecule has 0 atom stereocenters. The highest BCUT2D eigenvalue weighted by atomic mass is 16.3. The van der Waals surface area contributed by atoms with E-state index in [4.69, 9.17) is 0 Å². The van der Waals surface area contributed by atoms with Crippen molar-refractivity contribution < 1.29 is 10.2 Å². The molecule has 0 aliphatic carbocycles. The summed E-state index contributed by atoms with van der Waals surface area (Å²) in [7, 11) is 0. The minimum atomic E-state index is -0.207. The molecule has 3 heterocycles. The molecule has 0 saturated carbocycles. The van der Waals surface area contributed by atoms with E-state index in [9.17, 15) is 10.2 Å². The van der Waals surface area contributed by atoms with Crippen molar-refractivity contribution in [2.45, 2.75) is 25.6 Å². The van der Waals surface area contributed by atoms with Crippen LogP contribution < -0.4 is 4.90 Å². The van der Waals surface area contributed by atoms with Gasteiger partial charge in [0.2, 0.25) is 0 Å². The maximum atomic E-state index is 9.70. The highest BCUT2D eigenvalue weighted by Crippen LogP contribution is 2.27.